The third kappa shape index (κ3) is 3.32. The highest BCUT2D eigenvalue weighted by Gasteiger charge is 2.14. The van der Waals surface area contributed by atoms with Crippen molar-refractivity contribution >= 4 is 22.8 Å². The molecular weight excluding hydrogens is 324 g/mol. The van der Waals surface area contributed by atoms with Crippen LogP contribution in [0.25, 0.3) is 5.65 Å². The van der Waals surface area contributed by atoms with Gasteiger partial charge in [-0.2, -0.15) is 0 Å². The number of anilines is 1. The summed E-state index contributed by atoms with van der Waals surface area (Å²) >= 11 is 0. The number of hydrogen-bond acceptors (Lipinski definition) is 5. The number of imidazole rings is 1. The van der Waals surface area contributed by atoms with Gasteiger partial charge in [0.2, 0.25) is 0 Å². The Morgan fingerprint density at radius 1 is 0.923 bits per heavy atom. The Kier molecular flexibility index (Phi) is 4.42. The summed E-state index contributed by atoms with van der Waals surface area (Å²) in [5, 5.41) is 8.87. The average Bonchev–Trinajstić information content (AvgIpc) is 2.95. The quantitative estimate of drug-likeness (QED) is 0.669. The van der Waals surface area contributed by atoms with E-state index in [2.05, 4.69) is 63.2 Å². The summed E-state index contributed by atoms with van der Waals surface area (Å²) in [5.74, 6) is 0.781. The molecule has 0 bridgehead atoms. The summed E-state index contributed by atoms with van der Waals surface area (Å²) in [5.41, 5.74) is 5.07. The van der Waals surface area contributed by atoms with Crippen molar-refractivity contribution < 1.29 is 0 Å². The topological polar surface area (TPSA) is 48.5 Å². The van der Waals surface area contributed by atoms with Gasteiger partial charge in [-0.3, -0.25) is 4.40 Å². The van der Waals surface area contributed by atoms with E-state index in [9.17, 15) is 0 Å². The van der Waals surface area contributed by atoms with Gasteiger partial charge in [-0.05, 0) is 62.9 Å². The van der Waals surface area contributed by atoms with E-state index in [4.69, 9.17) is 0 Å². The minimum absolute atomic E-state index is 0.781. The summed E-state index contributed by atoms with van der Waals surface area (Å²) < 4.78 is 1.98. The van der Waals surface area contributed by atoms with Crippen LogP contribution in [-0.2, 0) is 0 Å². The Labute approximate surface area is 153 Å². The van der Waals surface area contributed by atoms with Gasteiger partial charge in [0.15, 0.2) is 5.82 Å². The molecule has 1 saturated heterocycles. The molecule has 3 heterocycles. The average molecular weight is 348 g/mol. The second-order valence-electron chi connectivity index (χ2n) is 6.96. The lowest BCUT2D eigenvalue weighted by Crippen LogP contribution is -2.44. The lowest BCUT2D eigenvalue weighted by atomic mass is 10.2. The van der Waals surface area contributed by atoms with Gasteiger partial charge in [0.1, 0.15) is 5.65 Å². The molecule has 134 valence electrons. The Balaban J connectivity index is 1.53. The van der Waals surface area contributed by atoms with Gasteiger partial charge < -0.3 is 9.80 Å². The monoisotopic (exact) mass is 348 g/mol. The molecule has 2 aromatic heterocycles. The zero-order valence-corrected chi connectivity index (χ0v) is 15.6. The minimum Gasteiger partial charge on any atom is -0.369 e. The largest absolute Gasteiger partial charge is 0.369 e. The van der Waals surface area contributed by atoms with Crippen molar-refractivity contribution in [2.75, 3.05) is 38.1 Å². The van der Waals surface area contributed by atoms with Crippen LogP contribution in [0.5, 0.6) is 0 Å². The van der Waals surface area contributed by atoms with E-state index in [0.717, 1.165) is 49.0 Å². The molecule has 1 fully saturated rings. The van der Waals surface area contributed by atoms with Gasteiger partial charge in [0, 0.05) is 38.1 Å². The van der Waals surface area contributed by atoms with Crippen molar-refractivity contribution in [1.29, 1.82) is 0 Å². The number of nitrogens with zero attached hydrogens (tertiary/aromatic N) is 6. The molecule has 0 amide bonds. The molecule has 1 aliphatic rings. The zero-order chi connectivity index (χ0) is 18.1. The summed E-state index contributed by atoms with van der Waals surface area (Å²) in [6, 6.07) is 12.4. The Morgan fingerprint density at radius 2 is 1.65 bits per heavy atom. The lowest BCUT2D eigenvalue weighted by molar-refractivity contribution is 0.313. The normalized spacial score (nSPS) is 16.0. The molecule has 6 nitrogen and oxygen atoms in total. The molecule has 3 aromatic rings. The number of fused-ring (bicyclic) bond motifs is 1. The van der Waals surface area contributed by atoms with Crippen LogP contribution < -0.4 is 4.90 Å². The van der Waals surface area contributed by atoms with E-state index in [0.29, 0.717) is 0 Å². The van der Waals surface area contributed by atoms with Crippen molar-refractivity contribution in [1.82, 2.24) is 14.3 Å². The molecule has 0 atom stereocenters. The van der Waals surface area contributed by atoms with Crippen LogP contribution in [-0.4, -0.2) is 47.5 Å². The predicted molar refractivity (Wildman–Crippen MR) is 105 cm³/mol. The van der Waals surface area contributed by atoms with E-state index < -0.39 is 0 Å². The Morgan fingerprint density at radius 3 is 2.38 bits per heavy atom. The first kappa shape index (κ1) is 16.7. The summed E-state index contributed by atoms with van der Waals surface area (Å²) in [7, 11) is 2.17. The second-order valence-corrected chi connectivity index (χ2v) is 6.96. The fourth-order valence-electron chi connectivity index (χ4n) is 3.27. The highest BCUT2D eigenvalue weighted by Crippen LogP contribution is 2.25. The maximum atomic E-state index is 4.57. The first-order valence-electron chi connectivity index (χ1n) is 9.01. The molecule has 0 N–H and O–H groups in total. The maximum absolute atomic E-state index is 4.57. The molecule has 0 unspecified atom stereocenters. The number of aryl methyl sites for hydroxylation is 2. The second kappa shape index (κ2) is 6.88. The third-order valence-electron chi connectivity index (χ3n) is 4.90. The van der Waals surface area contributed by atoms with Crippen LogP contribution >= 0.6 is 0 Å². The first-order valence-corrected chi connectivity index (χ1v) is 9.01. The number of azo groups is 1. The lowest BCUT2D eigenvalue weighted by Gasteiger charge is -2.34. The summed E-state index contributed by atoms with van der Waals surface area (Å²) in [6.45, 7) is 8.37. The van der Waals surface area contributed by atoms with Crippen LogP contribution in [0.4, 0.5) is 17.2 Å². The van der Waals surface area contributed by atoms with Crippen molar-refractivity contribution in [3.8, 4) is 0 Å². The molecule has 1 aromatic carbocycles. The fraction of sp³-hybridized carbons (Fsp3) is 0.350. The minimum atomic E-state index is 0.781. The van der Waals surface area contributed by atoms with Crippen molar-refractivity contribution in [2.45, 2.75) is 13.8 Å². The van der Waals surface area contributed by atoms with E-state index in [1.54, 1.807) is 0 Å². The molecule has 0 spiro atoms. The smallest absolute Gasteiger partial charge is 0.182 e. The van der Waals surface area contributed by atoms with Crippen LogP contribution in [0.15, 0.2) is 52.8 Å². The number of hydrogen-bond donors (Lipinski definition) is 0. The Bertz CT molecular complexity index is 933. The number of piperazine rings is 1. The highest BCUT2D eigenvalue weighted by atomic mass is 15.2. The van der Waals surface area contributed by atoms with E-state index in [1.165, 1.54) is 11.3 Å². The number of benzene rings is 1. The van der Waals surface area contributed by atoms with Crippen molar-refractivity contribution in [2.24, 2.45) is 10.2 Å². The first-order chi connectivity index (χ1) is 12.6. The van der Waals surface area contributed by atoms with Crippen LogP contribution in [0.3, 0.4) is 0 Å². The molecular formula is C20H24N6. The van der Waals surface area contributed by atoms with Gasteiger partial charge in [-0.1, -0.05) is 0 Å². The van der Waals surface area contributed by atoms with Gasteiger partial charge in [-0.15, -0.1) is 10.2 Å². The highest BCUT2D eigenvalue weighted by molar-refractivity contribution is 5.55. The molecule has 26 heavy (non-hydrogen) atoms. The number of likely N-dealkylation sites (N-methyl/N-ethyl adjacent to an activating group) is 1. The SMILES string of the molecule is Cc1ccn2c(N=Nc3ccc(N4CCN(C)CC4)cc3)c(C)nc2c1. The fourth-order valence-corrected chi connectivity index (χ4v) is 3.27. The van der Waals surface area contributed by atoms with Crippen LogP contribution in [0, 0.1) is 13.8 Å². The zero-order valence-electron chi connectivity index (χ0n) is 15.6. The van der Waals surface area contributed by atoms with Crippen LogP contribution in [0.2, 0.25) is 0 Å². The maximum Gasteiger partial charge on any atom is 0.182 e. The van der Waals surface area contributed by atoms with Gasteiger partial charge in [-0.25, -0.2) is 4.98 Å². The summed E-state index contributed by atoms with van der Waals surface area (Å²) in [6.07, 6.45) is 2.00. The van der Waals surface area contributed by atoms with Crippen molar-refractivity contribution in [3.63, 3.8) is 0 Å². The molecule has 6 heteroatoms. The number of aromatic nitrogens is 2. The molecule has 1 aliphatic heterocycles. The number of rotatable bonds is 3. The van der Waals surface area contributed by atoms with Gasteiger partial charge in [0.05, 0.1) is 11.4 Å². The molecule has 0 aliphatic carbocycles. The van der Waals surface area contributed by atoms with E-state index in [1.807, 2.05) is 29.7 Å². The summed E-state index contributed by atoms with van der Waals surface area (Å²) in [4.78, 5) is 9.34. The standard InChI is InChI=1S/C20H24N6/c1-15-8-9-26-19(14-15)21-16(2)20(26)23-22-17-4-6-18(7-5-17)25-12-10-24(3)11-13-25/h4-9,14H,10-13H2,1-3H3. The van der Waals surface area contributed by atoms with Gasteiger partial charge >= 0.3 is 0 Å². The van der Waals surface area contributed by atoms with E-state index >= 15 is 0 Å². The van der Waals surface area contributed by atoms with Gasteiger partial charge in [0.25, 0.3) is 0 Å². The molecule has 0 saturated carbocycles. The molecule has 4 rings (SSSR count). The molecule has 0 radical (unpaired) electrons. The Hall–Kier alpha value is -2.73. The van der Waals surface area contributed by atoms with Crippen molar-refractivity contribution in [3.05, 3.63) is 53.9 Å². The third-order valence-corrected chi connectivity index (χ3v) is 4.90. The van der Waals surface area contributed by atoms with Crippen LogP contribution in [0.1, 0.15) is 11.3 Å². The van der Waals surface area contributed by atoms with E-state index in [-0.39, 0.29) is 0 Å². The predicted octanol–water partition coefficient (Wildman–Crippen LogP) is 4.12. The number of pyridine rings is 1.